The second kappa shape index (κ2) is 11.8. The van der Waals surface area contributed by atoms with Crippen molar-refractivity contribution in [2.75, 3.05) is 24.8 Å². The fraction of sp³-hybridized carbons (Fsp3) is 0.217. The second-order valence-corrected chi connectivity index (χ2v) is 10.2. The van der Waals surface area contributed by atoms with E-state index in [0.29, 0.717) is 34.5 Å². The molecule has 12 heteroatoms. The van der Waals surface area contributed by atoms with E-state index in [9.17, 15) is 18.5 Å². The van der Waals surface area contributed by atoms with E-state index in [0.717, 1.165) is 18.4 Å². The number of nitriles is 1. The zero-order valence-electron chi connectivity index (χ0n) is 18.8. The van der Waals surface area contributed by atoms with Crippen molar-refractivity contribution in [2.45, 2.75) is 18.5 Å². The Bertz CT molecular complexity index is 1380. The maximum absolute atomic E-state index is 12.4. The summed E-state index contributed by atoms with van der Waals surface area (Å²) in [5, 5.41) is 11.6. The van der Waals surface area contributed by atoms with Crippen LogP contribution >= 0.6 is 23.1 Å². The normalized spacial score (nSPS) is 11.5. The number of hydrogen-bond donors (Lipinski definition) is 1. The zero-order valence-corrected chi connectivity index (χ0v) is 21.2. The zero-order chi connectivity index (χ0) is 25.4. The van der Waals surface area contributed by atoms with E-state index in [4.69, 9.17) is 21.1 Å². The van der Waals surface area contributed by atoms with Crippen molar-refractivity contribution in [3.8, 4) is 17.6 Å². The monoisotopic (exact) mass is 532 g/mol. The third-order valence-electron chi connectivity index (χ3n) is 4.53. The van der Waals surface area contributed by atoms with Gasteiger partial charge in [0.15, 0.2) is 0 Å². The van der Waals surface area contributed by atoms with Gasteiger partial charge < -0.3 is 9.47 Å². The number of hydrogen-bond acceptors (Lipinski definition) is 9. The summed E-state index contributed by atoms with van der Waals surface area (Å²) < 4.78 is 37.9. The number of anilines is 1. The largest absolute Gasteiger partial charge is 0.490 e. The van der Waals surface area contributed by atoms with Crippen molar-refractivity contribution in [1.29, 1.82) is 5.26 Å². The number of sulfone groups is 1. The highest BCUT2D eigenvalue weighted by Crippen LogP contribution is 2.27. The molecule has 0 radical (unpaired) electrons. The summed E-state index contributed by atoms with van der Waals surface area (Å²) in [6.45, 7) is 2.69. The topological polar surface area (TPSA) is 131 Å². The minimum Gasteiger partial charge on any atom is -0.490 e. The highest BCUT2D eigenvalue weighted by Gasteiger charge is 2.17. The third kappa shape index (κ3) is 7.51. The Hall–Kier alpha value is -3.46. The Morgan fingerprint density at radius 2 is 1.91 bits per heavy atom. The van der Waals surface area contributed by atoms with Crippen molar-refractivity contribution < 1.29 is 22.7 Å². The first kappa shape index (κ1) is 26.2. The molecule has 9 nitrogen and oxygen atoms in total. The molecule has 0 bridgehead atoms. The molecular weight excluding hydrogens is 512 g/mol. The van der Waals surface area contributed by atoms with Gasteiger partial charge in [-0.2, -0.15) is 14.6 Å². The van der Waals surface area contributed by atoms with Crippen LogP contribution in [0.4, 0.5) is 5.13 Å². The molecule has 0 spiro atoms. The summed E-state index contributed by atoms with van der Waals surface area (Å²) in [7, 11) is -3.60. The minimum atomic E-state index is -3.60. The van der Waals surface area contributed by atoms with Gasteiger partial charge in [0.05, 0.1) is 5.02 Å². The number of carbonyl (C=O) groups excluding carboxylic acids is 1. The van der Waals surface area contributed by atoms with E-state index in [1.807, 2.05) is 24.3 Å². The Morgan fingerprint density at radius 1 is 1.20 bits per heavy atom. The number of aryl methyl sites for hydroxylation is 1. The molecule has 1 N–H and O–H groups in total. The van der Waals surface area contributed by atoms with E-state index in [1.165, 1.54) is 11.6 Å². The lowest BCUT2D eigenvalue weighted by atomic mass is 10.1. The summed E-state index contributed by atoms with van der Waals surface area (Å²) in [5.74, 6) is 0.420. The number of rotatable bonds is 10. The summed E-state index contributed by atoms with van der Waals surface area (Å²) >= 11 is 6.98. The molecule has 0 aliphatic heterocycles. The average molecular weight is 533 g/mol. The van der Waals surface area contributed by atoms with E-state index < -0.39 is 20.9 Å². The number of ether oxygens (including phenoxy) is 2. The van der Waals surface area contributed by atoms with Crippen molar-refractivity contribution in [1.82, 2.24) is 9.36 Å². The molecule has 0 saturated carbocycles. The first-order valence-electron chi connectivity index (χ1n) is 10.3. The van der Waals surface area contributed by atoms with Gasteiger partial charge in [0.1, 0.15) is 36.4 Å². The quantitative estimate of drug-likeness (QED) is 0.234. The van der Waals surface area contributed by atoms with Crippen LogP contribution in [-0.4, -0.2) is 43.2 Å². The molecule has 0 atom stereocenters. The lowest BCUT2D eigenvalue weighted by Crippen LogP contribution is -2.13. The van der Waals surface area contributed by atoms with Crippen LogP contribution in [0.25, 0.3) is 6.08 Å². The highest BCUT2D eigenvalue weighted by atomic mass is 35.5. The van der Waals surface area contributed by atoms with Crippen LogP contribution in [0, 0.1) is 11.3 Å². The van der Waals surface area contributed by atoms with Gasteiger partial charge >= 0.3 is 0 Å². The number of amides is 1. The lowest BCUT2D eigenvalue weighted by molar-refractivity contribution is -0.112. The molecule has 1 aromatic heterocycles. The van der Waals surface area contributed by atoms with Crippen LogP contribution < -0.4 is 14.8 Å². The molecule has 3 aromatic rings. The van der Waals surface area contributed by atoms with E-state index in [1.54, 1.807) is 24.3 Å². The minimum absolute atomic E-state index is 0.0399. The number of halogens is 1. The summed E-state index contributed by atoms with van der Waals surface area (Å²) in [4.78, 5) is 16.1. The molecule has 35 heavy (non-hydrogen) atoms. The number of nitrogens with one attached hydrogen (secondary N) is 1. The molecule has 1 heterocycles. The van der Waals surface area contributed by atoms with Gasteiger partial charge in [-0.1, -0.05) is 36.7 Å². The first-order valence-corrected chi connectivity index (χ1v) is 13.3. The first-order chi connectivity index (χ1) is 16.7. The summed E-state index contributed by atoms with van der Waals surface area (Å²) in [6.07, 6.45) is 3.26. The van der Waals surface area contributed by atoms with Gasteiger partial charge in [-0.05, 0) is 47.9 Å². The van der Waals surface area contributed by atoms with Crippen molar-refractivity contribution in [2.24, 2.45) is 0 Å². The third-order valence-corrected chi connectivity index (χ3v) is 6.42. The number of nitrogens with zero attached hydrogens (tertiary/aromatic N) is 3. The molecule has 3 rings (SSSR count). The molecule has 0 saturated heterocycles. The molecule has 0 unspecified atom stereocenters. The second-order valence-electron chi connectivity index (χ2n) is 7.16. The van der Waals surface area contributed by atoms with Gasteiger partial charge in [0, 0.05) is 17.8 Å². The molecule has 2 aromatic carbocycles. The van der Waals surface area contributed by atoms with E-state index in [2.05, 4.69) is 21.6 Å². The maximum Gasteiger partial charge on any atom is 0.268 e. The Labute approximate surface area is 212 Å². The van der Waals surface area contributed by atoms with Gasteiger partial charge in [-0.15, -0.1) is 0 Å². The molecule has 0 aliphatic carbocycles. The van der Waals surface area contributed by atoms with Crippen molar-refractivity contribution in [3.63, 3.8) is 0 Å². The average Bonchev–Trinajstić information content (AvgIpc) is 3.31. The van der Waals surface area contributed by atoms with Crippen LogP contribution in [-0.2, 0) is 21.1 Å². The number of aromatic nitrogens is 2. The fourth-order valence-corrected chi connectivity index (χ4v) is 4.43. The van der Waals surface area contributed by atoms with Crippen LogP contribution in [0.2, 0.25) is 5.02 Å². The van der Waals surface area contributed by atoms with E-state index >= 15 is 0 Å². The van der Waals surface area contributed by atoms with Crippen molar-refractivity contribution >= 4 is 50.1 Å². The molecule has 1 amide bonds. The Morgan fingerprint density at radius 3 is 2.51 bits per heavy atom. The number of benzene rings is 2. The lowest BCUT2D eigenvalue weighted by Gasteiger charge is -2.10. The summed E-state index contributed by atoms with van der Waals surface area (Å²) in [5.41, 5.74) is 1.50. The molecule has 182 valence electrons. The van der Waals surface area contributed by atoms with Gasteiger partial charge in [-0.25, -0.2) is 8.42 Å². The standard InChI is InChI=1S/C23H21ClN4O5S2/c1-3-15-4-7-18(8-5-15)32-10-11-33-20-9-6-16(13-19(20)24)12-17(14-25)21(29)26-22-27-23(28-34-22)35(2,30)31/h4-9,12-13H,3,10-11H2,1-2H3,(H,26,27,28,29). The SMILES string of the molecule is CCc1ccc(OCCOc2ccc(C=C(C#N)C(=O)Nc3nc(S(C)(=O)=O)ns3)cc2Cl)cc1. The van der Waals surface area contributed by atoms with Crippen LogP contribution in [0.1, 0.15) is 18.1 Å². The number of carbonyl (C=O) groups is 1. The predicted molar refractivity (Wildman–Crippen MR) is 134 cm³/mol. The Balaban J connectivity index is 1.58. The maximum atomic E-state index is 12.4. The molecular formula is C23H21ClN4O5S2. The predicted octanol–water partition coefficient (Wildman–Crippen LogP) is 4.16. The van der Waals surface area contributed by atoms with Gasteiger partial charge in [0.25, 0.3) is 11.1 Å². The Kier molecular flexibility index (Phi) is 8.81. The van der Waals surface area contributed by atoms with E-state index in [-0.39, 0.29) is 17.3 Å². The van der Waals surface area contributed by atoms with Crippen LogP contribution in [0.5, 0.6) is 11.5 Å². The summed E-state index contributed by atoms with van der Waals surface area (Å²) in [6, 6.07) is 14.5. The molecule has 0 aliphatic rings. The fourth-order valence-electron chi connectivity index (χ4n) is 2.75. The smallest absolute Gasteiger partial charge is 0.268 e. The highest BCUT2D eigenvalue weighted by molar-refractivity contribution is 7.90. The van der Waals surface area contributed by atoms with Crippen LogP contribution in [0.15, 0.2) is 53.2 Å². The van der Waals surface area contributed by atoms with Crippen molar-refractivity contribution in [3.05, 3.63) is 64.2 Å². The van der Waals surface area contributed by atoms with Gasteiger partial charge in [0.2, 0.25) is 15.0 Å². The molecule has 0 fully saturated rings. The van der Waals surface area contributed by atoms with Gasteiger partial charge in [-0.3, -0.25) is 10.1 Å². The van der Waals surface area contributed by atoms with Crippen LogP contribution in [0.3, 0.4) is 0 Å².